The molecule has 0 spiro atoms. The molecule has 56 heavy (non-hydrogen) atoms. The second-order valence-corrected chi connectivity index (χ2v) is 21.0. The summed E-state index contributed by atoms with van der Waals surface area (Å²) >= 11 is 0. The average Bonchev–Trinajstić information content (AvgIpc) is 3.76. The molecule has 10 nitrogen and oxygen atoms in total. The van der Waals surface area contributed by atoms with Crippen molar-refractivity contribution in [3.8, 4) is 5.75 Å². The molecular formula is C45H51N5O5Si. The van der Waals surface area contributed by atoms with Crippen LogP contribution in [0.5, 0.6) is 5.75 Å². The van der Waals surface area contributed by atoms with Crippen LogP contribution in [-0.2, 0) is 14.8 Å². The van der Waals surface area contributed by atoms with Crippen molar-refractivity contribution in [2.75, 3.05) is 19.0 Å². The summed E-state index contributed by atoms with van der Waals surface area (Å²) in [6.07, 6.45) is 2.18. The fraction of sp³-hybridized carbons (Fsp3) is 0.333. The number of fused-ring (bicyclic) bond motifs is 1. The molecule has 1 fully saturated rings. The number of ether oxygens (including phenoxy) is 2. The Morgan fingerprint density at radius 2 is 1.46 bits per heavy atom. The summed E-state index contributed by atoms with van der Waals surface area (Å²) < 4.78 is 22.0. The van der Waals surface area contributed by atoms with Gasteiger partial charge < -0.3 is 28.9 Å². The fourth-order valence-corrected chi connectivity index (χ4v) is 8.80. The van der Waals surface area contributed by atoms with Gasteiger partial charge in [0.1, 0.15) is 23.8 Å². The molecule has 2 aromatic heterocycles. The number of carbonyl (C=O) groups excluding carboxylic acids is 1. The van der Waals surface area contributed by atoms with Crippen LogP contribution < -0.4 is 10.1 Å². The van der Waals surface area contributed by atoms with Gasteiger partial charge in [0.15, 0.2) is 25.3 Å². The molecule has 0 radical (unpaired) electrons. The van der Waals surface area contributed by atoms with Crippen LogP contribution in [0, 0.1) is 12.8 Å². The highest BCUT2D eigenvalue weighted by atomic mass is 28.4. The lowest BCUT2D eigenvalue weighted by molar-refractivity contribution is -0.0452. The summed E-state index contributed by atoms with van der Waals surface area (Å²) in [5.74, 6) is 0.540. The highest BCUT2D eigenvalue weighted by Gasteiger charge is 2.51. The quantitative estimate of drug-likeness (QED) is 0.0937. The van der Waals surface area contributed by atoms with Gasteiger partial charge in [-0.05, 0) is 72.4 Å². The minimum atomic E-state index is -2.39. The van der Waals surface area contributed by atoms with E-state index < -0.39 is 32.2 Å². The molecule has 1 saturated carbocycles. The first-order valence-corrected chi connectivity index (χ1v) is 22.0. The van der Waals surface area contributed by atoms with Gasteiger partial charge in [0.25, 0.3) is 5.91 Å². The van der Waals surface area contributed by atoms with Gasteiger partial charge in [-0.15, -0.1) is 0 Å². The number of nitrogens with one attached hydrogen (secondary N) is 1. The van der Waals surface area contributed by atoms with Gasteiger partial charge in [0.05, 0.1) is 32.2 Å². The zero-order valence-electron chi connectivity index (χ0n) is 33.1. The van der Waals surface area contributed by atoms with Crippen molar-refractivity contribution in [2.45, 2.75) is 76.1 Å². The number of imidazole rings is 1. The van der Waals surface area contributed by atoms with E-state index in [1.54, 1.807) is 25.6 Å². The number of anilines is 1. The Morgan fingerprint density at radius 1 is 0.857 bits per heavy atom. The Bertz CT molecular complexity index is 2260. The number of carbonyl (C=O) groups is 1. The second kappa shape index (κ2) is 15.7. The fourth-order valence-electron chi connectivity index (χ4n) is 7.43. The van der Waals surface area contributed by atoms with Crippen molar-refractivity contribution in [2.24, 2.45) is 5.92 Å². The van der Waals surface area contributed by atoms with Crippen LogP contribution in [0.2, 0.25) is 18.1 Å². The Hall–Kier alpha value is -5.20. The predicted molar refractivity (Wildman–Crippen MR) is 221 cm³/mol. The third-order valence-electron chi connectivity index (χ3n) is 11.6. The van der Waals surface area contributed by atoms with Gasteiger partial charge >= 0.3 is 0 Å². The SMILES string of the molecule is COc1ccc(C(OC[C@H]2C[C@@H](n3cnc4c(NC(=O)c5ccccc5)ncnc43)[C@H](O)[C@@H]2O[Si](C)(C)C(C)(C)C)(c2ccccc2)c2ccc(C)cc2)cc1. The number of hydrogen-bond acceptors (Lipinski definition) is 8. The van der Waals surface area contributed by atoms with E-state index >= 15 is 0 Å². The summed E-state index contributed by atoms with van der Waals surface area (Å²) in [7, 11) is -0.728. The Balaban J connectivity index is 1.28. The van der Waals surface area contributed by atoms with E-state index in [4.69, 9.17) is 13.9 Å². The number of benzene rings is 4. The standard InChI is InChI=1S/C45H51N5O5Si/c1-30-18-20-34(21-19-30)45(33-16-12-9-13-17-33,35-22-24-36(53-5)25-23-35)54-27-32-26-37(39(51)40(32)55-56(6,7)44(2,3)4)50-29-48-38-41(46-28-47-42(38)50)49-43(52)31-14-10-8-11-15-31/h8-25,28-29,32,37,39-40,51H,26-27H2,1-7H3,(H,46,47,49,52)/t32-,37-,39+,40-,45?/m1/s1. The molecule has 1 aliphatic carbocycles. The average molecular weight is 770 g/mol. The maximum absolute atomic E-state index is 13.1. The summed E-state index contributed by atoms with van der Waals surface area (Å²) in [6, 6.07) is 35.3. The van der Waals surface area contributed by atoms with E-state index in [0.717, 1.165) is 28.0 Å². The van der Waals surface area contributed by atoms with Gasteiger partial charge in [-0.25, -0.2) is 15.0 Å². The summed E-state index contributed by atoms with van der Waals surface area (Å²) in [5.41, 5.74) is 4.52. The normalized spacial score (nSPS) is 19.8. The molecule has 1 aliphatic rings. The Kier molecular flexibility index (Phi) is 11.0. The second-order valence-electron chi connectivity index (χ2n) is 16.2. The van der Waals surface area contributed by atoms with Gasteiger partial charge in [0.2, 0.25) is 0 Å². The molecule has 4 aromatic carbocycles. The molecule has 7 rings (SSSR count). The molecule has 5 atom stereocenters. The van der Waals surface area contributed by atoms with Crippen LogP contribution >= 0.6 is 0 Å². The zero-order valence-corrected chi connectivity index (χ0v) is 34.1. The number of nitrogens with zero attached hydrogens (tertiary/aromatic N) is 4. The van der Waals surface area contributed by atoms with Crippen molar-refractivity contribution < 1.29 is 23.8 Å². The minimum absolute atomic E-state index is 0.101. The molecule has 1 amide bonds. The molecule has 2 heterocycles. The first-order valence-electron chi connectivity index (χ1n) is 19.1. The van der Waals surface area contributed by atoms with Crippen LogP contribution in [0.15, 0.2) is 122 Å². The van der Waals surface area contributed by atoms with E-state index in [0.29, 0.717) is 29.0 Å². The lowest BCUT2D eigenvalue weighted by Crippen LogP contribution is -2.49. The lowest BCUT2D eigenvalue weighted by atomic mass is 9.79. The van der Waals surface area contributed by atoms with Crippen molar-refractivity contribution in [1.82, 2.24) is 19.5 Å². The van der Waals surface area contributed by atoms with E-state index in [1.807, 2.05) is 53.1 Å². The number of methoxy groups -OCH3 is 1. The van der Waals surface area contributed by atoms with Crippen LogP contribution in [0.25, 0.3) is 11.2 Å². The molecule has 1 unspecified atom stereocenters. The molecule has 6 aromatic rings. The van der Waals surface area contributed by atoms with Crippen LogP contribution in [0.3, 0.4) is 0 Å². The maximum atomic E-state index is 13.1. The Morgan fingerprint density at radius 3 is 2.09 bits per heavy atom. The smallest absolute Gasteiger partial charge is 0.256 e. The first kappa shape index (κ1) is 39.0. The number of aromatic nitrogens is 4. The van der Waals surface area contributed by atoms with E-state index in [-0.39, 0.29) is 23.5 Å². The van der Waals surface area contributed by atoms with Gasteiger partial charge in [0, 0.05) is 11.5 Å². The number of aryl methyl sites for hydroxylation is 1. The highest BCUT2D eigenvalue weighted by Crippen LogP contribution is 2.47. The molecule has 0 aliphatic heterocycles. The summed E-state index contributed by atoms with van der Waals surface area (Å²) in [4.78, 5) is 26.7. The van der Waals surface area contributed by atoms with Crippen LogP contribution in [0.4, 0.5) is 5.82 Å². The van der Waals surface area contributed by atoms with E-state index in [1.165, 1.54) is 6.33 Å². The number of hydrogen-bond donors (Lipinski definition) is 2. The Labute approximate surface area is 330 Å². The summed E-state index contributed by atoms with van der Waals surface area (Å²) in [6.45, 7) is 13.4. The summed E-state index contributed by atoms with van der Waals surface area (Å²) in [5, 5.41) is 15.2. The number of rotatable bonds is 12. The predicted octanol–water partition coefficient (Wildman–Crippen LogP) is 8.72. The third kappa shape index (κ3) is 7.51. The number of aliphatic hydroxyl groups excluding tert-OH is 1. The molecule has 2 N–H and O–H groups in total. The van der Waals surface area contributed by atoms with Crippen molar-refractivity contribution in [3.63, 3.8) is 0 Å². The zero-order chi connectivity index (χ0) is 39.7. The molecule has 290 valence electrons. The lowest BCUT2D eigenvalue weighted by Gasteiger charge is -2.41. The number of amides is 1. The van der Waals surface area contributed by atoms with Gasteiger partial charge in [-0.1, -0.05) is 111 Å². The maximum Gasteiger partial charge on any atom is 0.256 e. The van der Waals surface area contributed by atoms with Crippen LogP contribution in [-0.4, -0.2) is 64.8 Å². The van der Waals surface area contributed by atoms with Crippen molar-refractivity contribution in [1.29, 1.82) is 0 Å². The van der Waals surface area contributed by atoms with Crippen LogP contribution in [0.1, 0.15) is 65.8 Å². The highest BCUT2D eigenvalue weighted by molar-refractivity contribution is 6.74. The van der Waals surface area contributed by atoms with E-state index in [2.05, 4.69) is 110 Å². The number of aliphatic hydroxyl groups is 1. The topological polar surface area (TPSA) is 121 Å². The molecule has 11 heteroatoms. The minimum Gasteiger partial charge on any atom is -0.497 e. The van der Waals surface area contributed by atoms with E-state index in [9.17, 15) is 9.90 Å². The molecule has 0 saturated heterocycles. The molecular weight excluding hydrogens is 719 g/mol. The largest absolute Gasteiger partial charge is 0.497 e. The van der Waals surface area contributed by atoms with Crippen molar-refractivity contribution in [3.05, 3.63) is 150 Å². The van der Waals surface area contributed by atoms with Crippen molar-refractivity contribution >= 4 is 31.2 Å². The monoisotopic (exact) mass is 769 g/mol. The first-order chi connectivity index (χ1) is 26.8. The van der Waals surface area contributed by atoms with Gasteiger partial charge in [-0.2, -0.15) is 0 Å². The van der Waals surface area contributed by atoms with Gasteiger partial charge in [-0.3, -0.25) is 4.79 Å². The third-order valence-corrected chi connectivity index (χ3v) is 16.1. The molecule has 0 bridgehead atoms.